The zero-order chi connectivity index (χ0) is 19.4. The SMILES string of the molecule is CCOC(=O)N1CCN(C(=O)COC(=O)c2cn3ccc(C)cc3n2)CC1. The molecule has 0 bridgehead atoms. The third-order valence-corrected chi connectivity index (χ3v) is 4.31. The molecule has 1 fully saturated rings. The van der Waals surface area contributed by atoms with Crippen LogP contribution in [0.5, 0.6) is 0 Å². The van der Waals surface area contributed by atoms with Crippen LogP contribution < -0.4 is 0 Å². The summed E-state index contributed by atoms with van der Waals surface area (Å²) in [5.41, 5.74) is 1.83. The maximum Gasteiger partial charge on any atom is 0.409 e. The summed E-state index contributed by atoms with van der Waals surface area (Å²) in [5, 5.41) is 0. The third-order valence-electron chi connectivity index (χ3n) is 4.31. The van der Waals surface area contributed by atoms with Crippen molar-refractivity contribution in [1.29, 1.82) is 0 Å². The van der Waals surface area contributed by atoms with E-state index in [1.54, 1.807) is 27.3 Å². The van der Waals surface area contributed by atoms with E-state index >= 15 is 0 Å². The minimum atomic E-state index is -0.644. The van der Waals surface area contributed by atoms with Gasteiger partial charge in [-0.1, -0.05) is 0 Å². The monoisotopic (exact) mass is 374 g/mol. The van der Waals surface area contributed by atoms with Crippen molar-refractivity contribution in [2.24, 2.45) is 0 Å². The van der Waals surface area contributed by atoms with Crippen molar-refractivity contribution in [3.8, 4) is 0 Å². The quantitative estimate of drug-likeness (QED) is 0.744. The number of pyridine rings is 1. The average molecular weight is 374 g/mol. The largest absolute Gasteiger partial charge is 0.451 e. The first kappa shape index (κ1) is 18.7. The van der Waals surface area contributed by atoms with Gasteiger partial charge in [-0.05, 0) is 31.5 Å². The topological polar surface area (TPSA) is 93.5 Å². The van der Waals surface area contributed by atoms with Gasteiger partial charge >= 0.3 is 12.1 Å². The first-order valence-electron chi connectivity index (χ1n) is 8.80. The highest BCUT2D eigenvalue weighted by Crippen LogP contribution is 2.09. The van der Waals surface area contributed by atoms with Gasteiger partial charge in [0.15, 0.2) is 12.3 Å². The molecule has 9 heteroatoms. The van der Waals surface area contributed by atoms with Gasteiger partial charge in [0.2, 0.25) is 0 Å². The molecule has 2 aromatic rings. The number of carbonyl (C=O) groups is 3. The number of rotatable bonds is 4. The second kappa shape index (κ2) is 8.07. The van der Waals surface area contributed by atoms with Gasteiger partial charge in [0.1, 0.15) is 5.65 Å². The number of hydrogen-bond donors (Lipinski definition) is 0. The van der Waals surface area contributed by atoms with E-state index in [-0.39, 0.29) is 24.3 Å². The predicted molar refractivity (Wildman–Crippen MR) is 95.4 cm³/mol. The summed E-state index contributed by atoms with van der Waals surface area (Å²) in [5.74, 6) is -0.943. The van der Waals surface area contributed by atoms with Crippen LogP contribution in [0.1, 0.15) is 23.0 Å². The Morgan fingerprint density at radius 2 is 1.81 bits per heavy atom. The Labute approximate surface area is 156 Å². The summed E-state index contributed by atoms with van der Waals surface area (Å²) < 4.78 is 11.8. The number of amides is 2. The Hall–Kier alpha value is -3.10. The van der Waals surface area contributed by atoms with E-state index in [1.165, 1.54) is 0 Å². The molecule has 0 unspecified atom stereocenters. The van der Waals surface area contributed by atoms with Crippen LogP contribution in [0.2, 0.25) is 0 Å². The van der Waals surface area contributed by atoms with Crippen LogP contribution >= 0.6 is 0 Å². The fourth-order valence-electron chi connectivity index (χ4n) is 2.83. The van der Waals surface area contributed by atoms with Gasteiger partial charge in [-0.15, -0.1) is 0 Å². The van der Waals surface area contributed by atoms with E-state index in [0.29, 0.717) is 38.4 Å². The smallest absolute Gasteiger partial charge is 0.409 e. The summed E-state index contributed by atoms with van der Waals surface area (Å²) in [6, 6.07) is 3.76. The summed E-state index contributed by atoms with van der Waals surface area (Å²) in [6.45, 7) is 5.19. The number of hydrogen-bond acceptors (Lipinski definition) is 6. The summed E-state index contributed by atoms with van der Waals surface area (Å²) >= 11 is 0. The lowest BCUT2D eigenvalue weighted by atomic mass is 10.3. The van der Waals surface area contributed by atoms with Crippen molar-refractivity contribution in [3.63, 3.8) is 0 Å². The molecule has 0 N–H and O–H groups in total. The Bertz CT molecular complexity index is 855. The molecule has 144 valence electrons. The number of aryl methyl sites for hydroxylation is 1. The van der Waals surface area contributed by atoms with Gasteiger partial charge in [-0.25, -0.2) is 14.6 Å². The molecule has 27 heavy (non-hydrogen) atoms. The van der Waals surface area contributed by atoms with E-state index in [1.807, 2.05) is 25.3 Å². The first-order valence-corrected chi connectivity index (χ1v) is 8.80. The van der Waals surface area contributed by atoms with Crippen LogP contribution in [0.25, 0.3) is 5.65 Å². The molecule has 0 saturated carbocycles. The molecule has 0 radical (unpaired) electrons. The van der Waals surface area contributed by atoms with Crippen LogP contribution in [0.4, 0.5) is 4.79 Å². The number of ether oxygens (including phenoxy) is 2. The zero-order valence-electron chi connectivity index (χ0n) is 15.4. The maximum absolute atomic E-state index is 12.2. The minimum Gasteiger partial charge on any atom is -0.451 e. The van der Waals surface area contributed by atoms with Crippen molar-refractivity contribution in [2.75, 3.05) is 39.4 Å². The molecule has 0 aromatic carbocycles. The van der Waals surface area contributed by atoms with Gasteiger partial charge in [-0.3, -0.25) is 4.79 Å². The molecule has 9 nitrogen and oxygen atoms in total. The molecule has 3 rings (SSSR count). The Balaban J connectivity index is 1.50. The molecule has 1 aliphatic heterocycles. The van der Waals surface area contributed by atoms with Crippen molar-refractivity contribution in [1.82, 2.24) is 19.2 Å². The maximum atomic E-state index is 12.2. The lowest BCUT2D eigenvalue weighted by molar-refractivity contribution is -0.136. The summed E-state index contributed by atoms with van der Waals surface area (Å²) in [4.78, 5) is 43.4. The Kier molecular flexibility index (Phi) is 5.58. The van der Waals surface area contributed by atoms with Crippen LogP contribution in [0.15, 0.2) is 24.5 Å². The predicted octanol–water partition coefficient (Wildman–Crippen LogP) is 1.10. The van der Waals surface area contributed by atoms with E-state index in [4.69, 9.17) is 9.47 Å². The van der Waals surface area contributed by atoms with Gasteiger partial charge in [0, 0.05) is 38.6 Å². The fourth-order valence-corrected chi connectivity index (χ4v) is 2.83. The van der Waals surface area contributed by atoms with Gasteiger partial charge in [0.25, 0.3) is 5.91 Å². The molecular formula is C18H22N4O5. The number of esters is 1. The van der Waals surface area contributed by atoms with Crippen molar-refractivity contribution in [2.45, 2.75) is 13.8 Å². The number of imidazole rings is 1. The standard InChI is InChI=1S/C18H22N4O5/c1-3-26-18(25)21-8-6-20(7-9-21)16(23)12-27-17(24)14-11-22-5-4-13(2)10-15(22)19-14/h4-5,10-11H,3,6-9,12H2,1-2H3. The number of piperazine rings is 1. The zero-order valence-corrected chi connectivity index (χ0v) is 15.4. The van der Waals surface area contributed by atoms with E-state index < -0.39 is 5.97 Å². The minimum absolute atomic E-state index is 0.153. The average Bonchev–Trinajstić information content (AvgIpc) is 3.09. The second-order valence-corrected chi connectivity index (χ2v) is 6.24. The highest BCUT2D eigenvalue weighted by atomic mass is 16.6. The number of fused-ring (bicyclic) bond motifs is 1. The first-order chi connectivity index (χ1) is 13.0. The molecule has 1 saturated heterocycles. The Morgan fingerprint density at radius 3 is 2.52 bits per heavy atom. The summed E-state index contributed by atoms with van der Waals surface area (Å²) in [6.07, 6.45) is 3.00. The summed E-state index contributed by atoms with van der Waals surface area (Å²) in [7, 11) is 0. The second-order valence-electron chi connectivity index (χ2n) is 6.24. The van der Waals surface area contributed by atoms with E-state index in [2.05, 4.69) is 4.98 Å². The van der Waals surface area contributed by atoms with E-state index in [9.17, 15) is 14.4 Å². The van der Waals surface area contributed by atoms with Crippen molar-refractivity contribution in [3.05, 3.63) is 35.8 Å². The fraction of sp³-hybridized carbons (Fsp3) is 0.444. The van der Waals surface area contributed by atoms with Crippen LogP contribution in [0, 0.1) is 6.92 Å². The van der Waals surface area contributed by atoms with Gasteiger partial charge < -0.3 is 23.7 Å². The number of carbonyl (C=O) groups excluding carboxylic acids is 3. The van der Waals surface area contributed by atoms with Crippen LogP contribution in [-0.4, -0.2) is 76.5 Å². The molecule has 2 aromatic heterocycles. The third kappa shape index (κ3) is 4.36. The molecular weight excluding hydrogens is 352 g/mol. The van der Waals surface area contributed by atoms with Crippen LogP contribution in [0.3, 0.4) is 0 Å². The van der Waals surface area contributed by atoms with Crippen molar-refractivity contribution < 1.29 is 23.9 Å². The molecule has 0 aliphatic carbocycles. The lowest BCUT2D eigenvalue weighted by Gasteiger charge is -2.33. The lowest BCUT2D eigenvalue weighted by Crippen LogP contribution is -2.51. The number of nitrogens with zero attached hydrogens (tertiary/aromatic N) is 4. The van der Waals surface area contributed by atoms with Gasteiger partial charge in [0.05, 0.1) is 6.61 Å². The van der Waals surface area contributed by atoms with Crippen LogP contribution in [-0.2, 0) is 14.3 Å². The number of aromatic nitrogens is 2. The highest BCUT2D eigenvalue weighted by Gasteiger charge is 2.25. The highest BCUT2D eigenvalue weighted by molar-refractivity contribution is 5.90. The molecule has 3 heterocycles. The van der Waals surface area contributed by atoms with E-state index in [0.717, 1.165) is 5.56 Å². The molecule has 0 spiro atoms. The Morgan fingerprint density at radius 1 is 1.11 bits per heavy atom. The van der Waals surface area contributed by atoms with Gasteiger partial charge in [-0.2, -0.15) is 0 Å². The molecule has 2 amide bonds. The normalized spacial score (nSPS) is 14.3. The molecule has 0 atom stereocenters. The van der Waals surface area contributed by atoms with Crippen molar-refractivity contribution >= 4 is 23.6 Å². The molecule has 1 aliphatic rings.